The van der Waals surface area contributed by atoms with Gasteiger partial charge < -0.3 is 4.84 Å². The van der Waals surface area contributed by atoms with Crippen LogP contribution in [0.4, 0.5) is 0 Å². The second kappa shape index (κ2) is 4.60. The fourth-order valence-electron chi connectivity index (χ4n) is 1.26. The van der Waals surface area contributed by atoms with E-state index in [1.54, 1.807) is 6.08 Å². The lowest BCUT2D eigenvalue weighted by Gasteiger charge is -2.14. The second-order valence-electron chi connectivity index (χ2n) is 3.03. The van der Waals surface area contributed by atoms with Gasteiger partial charge in [-0.2, -0.15) is 5.06 Å². The molecule has 1 aliphatic rings. The van der Waals surface area contributed by atoms with Gasteiger partial charge in [-0.15, -0.1) is 13.2 Å². The average molecular weight is 195 g/mol. The van der Waals surface area contributed by atoms with E-state index in [4.69, 9.17) is 4.84 Å². The molecule has 1 fully saturated rings. The summed E-state index contributed by atoms with van der Waals surface area (Å²) in [5, 5.41) is 1.10. The van der Waals surface area contributed by atoms with Gasteiger partial charge in [0.2, 0.25) is 0 Å². The summed E-state index contributed by atoms with van der Waals surface area (Å²) in [6.45, 7) is 7.39. The number of nitrogens with zero attached hydrogens (tertiary/aromatic N) is 1. The molecule has 1 amide bonds. The lowest BCUT2D eigenvalue weighted by Crippen LogP contribution is -2.29. The van der Waals surface area contributed by atoms with Crippen molar-refractivity contribution in [3.63, 3.8) is 0 Å². The van der Waals surface area contributed by atoms with Gasteiger partial charge in [0, 0.05) is 0 Å². The molecule has 14 heavy (non-hydrogen) atoms. The van der Waals surface area contributed by atoms with Gasteiger partial charge in [0.15, 0.2) is 0 Å². The molecule has 1 saturated heterocycles. The molecule has 0 aromatic rings. The standard InChI is InChI=1S/C10H13NO3/c1-3-5-9(12)14-11-7-6-8(4-2)10(11)13/h3-4,8H,1-2,5-7H2. The van der Waals surface area contributed by atoms with E-state index in [1.807, 2.05) is 0 Å². The van der Waals surface area contributed by atoms with Gasteiger partial charge in [0.05, 0.1) is 18.9 Å². The number of hydrogen-bond donors (Lipinski definition) is 0. The zero-order valence-electron chi connectivity index (χ0n) is 7.94. The van der Waals surface area contributed by atoms with Crippen LogP contribution in [-0.2, 0) is 14.4 Å². The number of rotatable bonds is 4. The highest BCUT2D eigenvalue weighted by Crippen LogP contribution is 2.19. The summed E-state index contributed by atoms with van der Waals surface area (Å²) in [5.74, 6) is -0.873. The van der Waals surface area contributed by atoms with Crippen LogP contribution in [-0.4, -0.2) is 23.5 Å². The van der Waals surface area contributed by atoms with Crippen molar-refractivity contribution in [2.45, 2.75) is 12.8 Å². The molecular weight excluding hydrogens is 182 g/mol. The van der Waals surface area contributed by atoms with E-state index in [-0.39, 0.29) is 18.2 Å². The summed E-state index contributed by atoms with van der Waals surface area (Å²) < 4.78 is 0. The highest BCUT2D eigenvalue weighted by molar-refractivity contribution is 5.83. The van der Waals surface area contributed by atoms with E-state index in [1.165, 1.54) is 6.08 Å². The molecule has 4 nitrogen and oxygen atoms in total. The summed E-state index contributed by atoms with van der Waals surface area (Å²) in [5.41, 5.74) is 0. The summed E-state index contributed by atoms with van der Waals surface area (Å²) in [6, 6.07) is 0. The van der Waals surface area contributed by atoms with Gasteiger partial charge in [-0.05, 0) is 6.42 Å². The summed E-state index contributed by atoms with van der Waals surface area (Å²) >= 11 is 0. The first-order valence-corrected chi connectivity index (χ1v) is 4.44. The van der Waals surface area contributed by atoms with Gasteiger partial charge in [0.25, 0.3) is 5.91 Å². The van der Waals surface area contributed by atoms with Crippen LogP contribution in [0.3, 0.4) is 0 Å². The predicted octanol–water partition coefficient (Wildman–Crippen LogP) is 1.06. The normalized spacial score (nSPS) is 20.7. The molecule has 76 valence electrons. The highest BCUT2D eigenvalue weighted by Gasteiger charge is 2.31. The molecule has 0 aromatic carbocycles. The van der Waals surface area contributed by atoms with Crippen LogP contribution in [0.2, 0.25) is 0 Å². The Morgan fingerprint density at radius 2 is 2.36 bits per heavy atom. The first kappa shape index (κ1) is 10.5. The quantitative estimate of drug-likeness (QED) is 0.630. The van der Waals surface area contributed by atoms with Crippen LogP contribution in [0.15, 0.2) is 25.3 Å². The molecule has 0 bridgehead atoms. The molecule has 1 atom stereocenters. The lowest BCUT2D eigenvalue weighted by atomic mass is 10.1. The number of hydroxylamine groups is 2. The van der Waals surface area contributed by atoms with Gasteiger partial charge in [-0.25, -0.2) is 4.79 Å². The molecule has 0 N–H and O–H groups in total. The Balaban J connectivity index is 2.47. The molecule has 0 spiro atoms. The monoisotopic (exact) mass is 195 g/mol. The third-order valence-electron chi connectivity index (χ3n) is 2.01. The van der Waals surface area contributed by atoms with Crippen LogP contribution in [0.1, 0.15) is 12.8 Å². The van der Waals surface area contributed by atoms with Gasteiger partial charge in [-0.1, -0.05) is 12.2 Å². The largest absolute Gasteiger partial charge is 0.338 e. The van der Waals surface area contributed by atoms with E-state index >= 15 is 0 Å². The second-order valence-corrected chi connectivity index (χ2v) is 3.03. The van der Waals surface area contributed by atoms with Crippen molar-refractivity contribution < 1.29 is 14.4 Å². The van der Waals surface area contributed by atoms with Crippen molar-refractivity contribution >= 4 is 11.9 Å². The van der Waals surface area contributed by atoms with Crippen LogP contribution >= 0.6 is 0 Å². The third kappa shape index (κ3) is 2.22. The van der Waals surface area contributed by atoms with Crippen molar-refractivity contribution in [1.82, 2.24) is 5.06 Å². The minimum absolute atomic E-state index is 0.114. The third-order valence-corrected chi connectivity index (χ3v) is 2.01. The number of carbonyl (C=O) groups is 2. The Labute approximate surface area is 82.8 Å². The molecule has 1 aliphatic heterocycles. The first-order chi connectivity index (χ1) is 6.69. The van der Waals surface area contributed by atoms with Crippen molar-refractivity contribution in [2.24, 2.45) is 5.92 Å². The van der Waals surface area contributed by atoms with Gasteiger partial charge >= 0.3 is 5.97 Å². The topological polar surface area (TPSA) is 46.6 Å². The highest BCUT2D eigenvalue weighted by atomic mass is 16.7. The van der Waals surface area contributed by atoms with Crippen LogP contribution in [0.25, 0.3) is 0 Å². The number of carbonyl (C=O) groups excluding carboxylic acids is 2. The van der Waals surface area contributed by atoms with Crippen molar-refractivity contribution in [3.8, 4) is 0 Å². The van der Waals surface area contributed by atoms with Crippen LogP contribution in [0.5, 0.6) is 0 Å². The van der Waals surface area contributed by atoms with Crippen molar-refractivity contribution in [3.05, 3.63) is 25.3 Å². The zero-order valence-corrected chi connectivity index (χ0v) is 7.94. The van der Waals surface area contributed by atoms with E-state index in [0.717, 1.165) is 5.06 Å². The molecule has 0 aromatic heterocycles. The summed E-state index contributed by atoms with van der Waals surface area (Å²) in [6.07, 6.45) is 3.78. The summed E-state index contributed by atoms with van der Waals surface area (Å²) in [7, 11) is 0. The molecule has 4 heteroatoms. The predicted molar refractivity (Wildman–Crippen MR) is 50.9 cm³/mol. The Morgan fingerprint density at radius 1 is 1.64 bits per heavy atom. The minimum Gasteiger partial charge on any atom is -0.338 e. The lowest BCUT2D eigenvalue weighted by molar-refractivity contribution is -0.192. The Morgan fingerprint density at radius 3 is 2.86 bits per heavy atom. The average Bonchev–Trinajstić information content (AvgIpc) is 2.48. The molecule has 1 unspecified atom stereocenters. The smallest absolute Gasteiger partial charge is 0.336 e. The minimum atomic E-state index is -0.460. The van der Waals surface area contributed by atoms with Crippen molar-refractivity contribution in [1.29, 1.82) is 0 Å². The van der Waals surface area contributed by atoms with Gasteiger partial charge in [-0.3, -0.25) is 4.79 Å². The maximum atomic E-state index is 11.4. The van der Waals surface area contributed by atoms with Gasteiger partial charge in [0.1, 0.15) is 0 Å². The number of amides is 1. The molecule has 0 saturated carbocycles. The fraction of sp³-hybridized carbons (Fsp3) is 0.400. The van der Waals surface area contributed by atoms with Crippen LogP contribution in [0, 0.1) is 5.92 Å². The molecule has 0 aliphatic carbocycles. The maximum Gasteiger partial charge on any atom is 0.336 e. The Hall–Kier alpha value is -1.58. The van der Waals surface area contributed by atoms with Crippen LogP contribution < -0.4 is 0 Å². The zero-order chi connectivity index (χ0) is 10.6. The van der Waals surface area contributed by atoms with E-state index in [2.05, 4.69) is 13.2 Å². The maximum absolute atomic E-state index is 11.4. The molecule has 1 heterocycles. The molecule has 1 rings (SSSR count). The molecular formula is C10H13NO3. The van der Waals surface area contributed by atoms with E-state index < -0.39 is 5.97 Å². The number of hydrogen-bond acceptors (Lipinski definition) is 3. The SMILES string of the molecule is C=CCC(=O)ON1CCC(C=C)C1=O. The Bertz CT molecular complexity index is 273. The Kier molecular flexibility index (Phi) is 3.45. The van der Waals surface area contributed by atoms with E-state index in [9.17, 15) is 9.59 Å². The van der Waals surface area contributed by atoms with E-state index in [0.29, 0.717) is 13.0 Å². The fourth-order valence-corrected chi connectivity index (χ4v) is 1.26. The van der Waals surface area contributed by atoms with Crippen molar-refractivity contribution in [2.75, 3.05) is 6.54 Å². The molecule has 0 radical (unpaired) electrons. The first-order valence-electron chi connectivity index (χ1n) is 4.44. The summed E-state index contributed by atoms with van der Waals surface area (Å²) in [4.78, 5) is 27.3.